The minimum Gasteiger partial charge on any atom is -0.493 e. The molecule has 0 fully saturated rings. The van der Waals surface area contributed by atoms with Gasteiger partial charge in [0.05, 0.1) is 24.4 Å². The molecule has 3 aromatic rings. The Bertz CT molecular complexity index is 859. The number of aryl methyl sites for hydroxylation is 2. The van der Waals surface area contributed by atoms with E-state index >= 15 is 0 Å². The molecule has 3 rings (SSSR count). The molecule has 0 spiro atoms. The number of hydrogen-bond donors (Lipinski definition) is 1. The highest BCUT2D eigenvalue weighted by Crippen LogP contribution is 2.36. The van der Waals surface area contributed by atoms with E-state index in [9.17, 15) is 4.79 Å². The molecule has 0 unspecified atom stereocenters. The van der Waals surface area contributed by atoms with Crippen LogP contribution in [0.5, 0.6) is 11.5 Å². The number of aromatic nitrogens is 3. The van der Waals surface area contributed by atoms with Crippen LogP contribution in [0.1, 0.15) is 23.1 Å². The topological polar surface area (TPSA) is 78.3 Å². The van der Waals surface area contributed by atoms with Gasteiger partial charge in [-0.25, -0.2) is 4.98 Å². The number of rotatable bonds is 5. The fourth-order valence-electron chi connectivity index (χ4n) is 2.41. The van der Waals surface area contributed by atoms with E-state index in [-0.39, 0.29) is 5.91 Å². The monoisotopic (exact) mass is 346 g/mol. The second kappa shape index (κ2) is 6.48. The summed E-state index contributed by atoms with van der Waals surface area (Å²) in [6.07, 6.45) is 0. The SMILES string of the molecule is CCn1nc(C(=O)Nc2nc3cc(OC)c(OC)cc3s2)cc1C. The van der Waals surface area contributed by atoms with Crippen molar-refractivity contribution in [1.82, 2.24) is 14.8 Å². The van der Waals surface area contributed by atoms with E-state index in [4.69, 9.17) is 9.47 Å². The van der Waals surface area contributed by atoms with Crippen molar-refractivity contribution in [2.45, 2.75) is 20.4 Å². The maximum absolute atomic E-state index is 12.3. The molecule has 0 aliphatic rings. The minimum atomic E-state index is -0.275. The average molecular weight is 346 g/mol. The van der Waals surface area contributed by atoms with Crippen molar-refractivity contribution < 1.29 is 14.3 Å². The first kappa shape index (κ1) is 16.3. The van der Waals surface area contributed by atoms with E-state index in [2.05, 4.69) is 15.4 Å². The van der Waals surface area contributed by atoms with Gasteiger partial charge in [0, 0.05) is 24.4 Å². The lowest BCUT2D eigenvalue weighted by Gasteiger charge is -2.05. The molecule has 24 heavy (non-hydrogen) atoms. The molecule has 2 aromatic heterocycles. The van der Waals surface area contributed by atoms with Gasteiger partial charge in [-0.15, -0.1) is 0 Å². The van der Waals surface area contributed by atoms with Crippen molar-refractivity contribution >= 4 is 32.6 Å². The third kappa shape index (κ3) is 2.92. The highest BCUT2D eigenvalue weighted by molar-refractivity contribution is 7.22. The number of nitrogens with one attached hydrogen (secondary N) is 1. The predicted molar refractivity (Wildman–Crippen MR) is 93.3 cm³/mol. The van der Waals surface area contributed by atoms with Crippen LogP contribution < -0.4 is 14.8 Å². The molecule has 0 bridgehead atoms. The van der Waals surface area contributed by atoms with Gasteiger partial charge in [-0.1, -0.05) is 11.3 Å². The van der Waals surface area contributed by atoms with E-state index in [1.54, 1.807) is 31.0 Å². The summed E-state index contributed by atoms with van der Waals surface area (Å²) >= 11 is 1.37. The van der Waals surface area contributed by atoms with Crippen molar-refractivity contribution in [3.05, 3.63) is 29.6 Å². The fourth-order valence-corrected chi connectivity index (χ4v) is 3.28. The number of benzene rings is 1. The highest BCUT2D eigenvalue weighted by atomic mass is 32.1. The zero-order valence-corrected chi connectivity index (χ0v) is 14.7. The number of hydrogen-bond acceptors (Lipinski definition) is 6. The average Bonchev–Trinajstić information content (AvgIpc) is 3.15. The second-order valence-electron chi connectivity index (χ2n) is 5.13. The third-order valence-electron chi connectivity index (χ3n) is 3.63. The molecular weight excluding hydrogens is 328 g/mol. The van der Waals surface area contributed by atoms with Crippen LogP contribution in [0.25, 0.3) is 10.2 Å². The molecule has 8 heteroatoms. The molecular formula is C16H18N4O3S. The molecule has 2 heterocycles. The number of anilines is 1. The Kier molecular flexibility index (Phi) is 4.39. The Labute approximate surface area is 143 Å². The molecule has 1 aromatic carbocycles. The first-order chi connectivity index (χ1) is 11.5. The zero-order valence-electron chi connectivity index (χ0n) is 13.9. The molecule has 0 radical (unpaired) electrons. The van der Waals surface area contributed by atoms with Crippen LogP contribution in [0.2, 0.25) is 0 Å². The van der Waals surface area contributed by atoms with Crippen LogP contribution in [0.15, 0.2) is 18.2 Å². The summed E-state index contributed by atoms with van der Waals surface area (Å²) < 4.78 is 13.2. The molecule has 0 saturated heterocycles. The molecule has 0 aliphatic heterocycles. The van der Waals surface area contributed by atoms with Crippen LogP contribution >= 0.6 is 11.3 Å². The lowest BCUT2D eigenvalue weighted by Crippen LogP contribution is -2.13. The number of carbonyl (C=O) groups is 1. The van der Waals surface area contributed by atoms with Gasteiger partial charge in [-0.3, -0.25) is 14.8 Å². The first-order valence-electron chi connectivity index (χ1n) is 7.44. The number of fused-ring (bicyclic) bond motifs is 1. The van der Waals surface area contributed by atoms with Crippen LogP contribution in [0.3, 0.4) is 0 Å². The van der Waals surface area contributed by atoms with Gasteiger partial charge in [-0.05, 0) is 19.9 Å². The molecule has 0 saturated carbocycles. The maximum Gasteiger partial charge on any atom is 0.277 e. The first-order valence-corrected chi connectivity index (χ1v) is 8.25. The summed E-state index contributed by atoms with van der Waals surface area (Å²) in [7, 11) is 3.16. The van der Waals surface area contributed by atoms with Gasteiger partial charge in [-0.2, -0.15) is 5.10 Å². The Morgan fingerprint density at radius 1 is 1.25 bits per heavy atom. The van der Waals surface area contributed by atoms with Crippen LogP contribution in [-0.4, -0.2) is 34.9 Å². The fraction of sp³-hybridized carbons (Fsp3) is 0.312. The number of ether oxygens (including phenoxy) is 2. The number of carbonyl (C=O) groups excluding carboxylic acids is 1. The number of thiazole rings is 1. The molecule has 1 N–H and O–H groups in total. The Hall–Kier alpha value is -2.61. The van der Waals surface area contributed by atoms with Crippen molar-refractivity contribution in [1.29, 1.82) is 0 Å². The number of methoxy groups -OCH3 is 2. The van der Waals surface area contributed by atoms with Gasteiger partial charge >= 0.3 is 0 Å². The van der Waals surface area contributed by atoms with E-state index in [1.165, 1.54) is 11.3 Å². The Morgan fingerprint density at radius 3 is 2.58 bits per heavy atom. The summed E-state index contributed by atoms with van der Waals surface area (Å²) in [5, 5.41) is 7.58. The molecule has 1 amide bonds. The largest absolute Gasteiger partial charge is 0.493 e. The Morgan fingerprint density at radius 2 is 1.96 bits per heavy atom. The van der Waals surface area contributed by atoms with Crippen LogP contribution in [-0.2, 0) is 6.54 Å². The summed E-state index contributed by atoms with van der Waals surface area (Å²) in [5.74, 6) is 0.956. The lowest BCUT2D eigenvalue weighted by molar-refractivity contribution is 0.102. The lowest BCUT2D eigenvalue weighted by atomic mass is 10.3. The van der Waals surface area contributed by atoms with E-state index in [0.717, 1.165) is 22.5 Å². The third-order valence-corrected chi connectivity index (χ3v) is 4.56. The van der Waals surface area contributed by atoms with Gasteiger partial charge < -0.3 is 9.47 Å². The zero-order chi connectivity index (χ0) is 17.3. The summed E-state index contributed by atoms with van der Waals surface area (Å²) in [6.45, 7) is 4.62. The highest BCUT2D eigenvalue weighted by Gasteiger charge is 2.15. The smallest absolute Gasteiger partial charge is 0.277 e. The minimum absolute atomic E-state index is 0.275. The van der Waals surface area contributed by atoms with E-state index in [0.29, 0.717) is 22.3 Å². The quantitative estimate of drug-likeness (QED) is 0.768. The van der Waals surface area contributed by atoms with Crippen LogP contribution in [0.4, 0.5) is 5.13 Å². The van der Waals surface area contributed by atoms with Crippen molar-refractivity contribution in [2.24, 2.45) is 0 Å². The molecule has 0 atom stereocenters. The summed E-state index contributed by atoms with van der Waals surface area (Å²) in [4.78, 5) is 16.8. The van der Waals surface area contributed by atoms with Crippen LogP contribution in [0, 0.1) is 6.92 Å². The standard InChI is InChI=1S/C16H18N4O3S/c1-5-20-9(2)6-11(19-20)15(21)18-16-17-10-7-12(22-3)13(23-4)8-14(10)24-16/h6-8H,5H2,1-4H3,(H,17,18,21). The normalized spacial score (nSPS) is 10.8. The second-order valence-corrected chi connectivity index (χ2v) is 6.17. The molecule has 0 aliphatic carbocycles. The van der Waals surface area contributed by atoms with Crippen molar-refractivity contribution in [3.63, 3.8) is 0 Å². The predicted octanol–water partition coefficient (Wildman–Crippen LogP) is 3.09. The Balaban J connectivity index is 1.88. The number of amides is 1. The van der Waals surface area contributed by atoms with Gasteiger partial charge in [0.1, 0.15) is 0 Å². The van der Waals surface area contributed by atoms with Crippen molar-refractivity contribution in [2.75, 3.05) is 19.5 Å². The van der Waals surface area contributed by atoms with E-state index < -0.39 is 0 Å². The van der Waals surface area contributed by atoms with Gasteiger partial charge in [0.15, 0.2) is 22.3 Å². The number of nitrogens with zero attached hydrogens (tertiary/aromatic N) is 3. The molecule has 126 valence electrons. The van der Waals surface area contributed by atoms with Gasteiger partial charge in [0.25, 0.3) is 5.91 Å². The summed E-state index contributed by atoms with van der Waals surface area (Å²) in [6, 6.07) is 5.39. The molecule has 7 nitrogen and oxygen atoms in total. The van der Waals surface area contributed by atoms with E-state index in [1.807, 2.05) is 19.9 Å². The van der Waals surface area contributed by atoms with Gasteiger partial charge in [0.2, 0.25) is 0 Å². The summed E-state index contributed by atoms with van der Waals surface area (Å²) in [5.41, 5.74) is 2.06. The van der Waals surface area contributed by atoms with Crippen molar-refractivity contribution in [3.8, 4) is 11.5 Å². The maximum atomic E-state index is 12.3.